The van der Waals surface area contributed by atoms with Gasteiger partial charge in [0.15, 0.2) is 0 Å². The Morgan fingerprint density at radius 1 is 1.15 bits per heavy atom. The molecular weight excluding hydrogens is 335 g/mol. The van der Waals surface area contributed by atoms with Gasteiger partial charge in [0.2, 0.25) is 0 Å². The SMILES string of the molecule is Cc1cc(/C=N\NC(=O)C(=O)N2CCCC2)c(C)n1-c1ccc(F)cc1. The molecule has 2 amide bonds. The Labute approximate surface area is 151 Å². The van der Waals surface area contributed by atoms with E-state index in [1.165, 1.54) is 23.2 Å². The highest BCUT2D eigenvalue weighted by atomic mass is 19.1. The molecule has 3 rings (SSSR count). The van der Waals surface area contributed by atoms with Crippen molar-refractivity contribution in [1.29, 1.82) is 0 Å². The number of aromatic nitrogens is 1. The first-order valence-electron chi connectivity index (χ1n) is 8.54. The van der Waals surface area contributed by atoms with Gasteiger partial charge in [-0.2, -0.15) is 5.10 Å². The summed E-state index contributed by atoms with van der Waals surface area (Å²) in [5.41, 5.74) is 5.79. The number of nitrogens with one attached hydrogen (secondary N) is 1. The van der Waals surface area contributed by atoms with Crippen molar-refractivity contribution in [2.75, 3.05) is 13.1 Å². The van der Waals surface area contributed by atoms with Gasteiger partial charge in [0, 0.05) is 35.7 Å². The maximum Gasteiger partial charge on any atom is 0.329 e. The van der Waals surface area contributed by atoms with E-state index in [-0.39, 0.29) is 5.82 Å². The van der Waals surface area contributed by atoms with Crippen LogP contribution < -0.4 is 5.43 Å². The molecule has 0 unspecified atom stereocenters. The Morgan fingerprint density at radius 2 is 1.81 bits per heavy atom. The van der Waals surface area contributed by atoms with E-state index in [0.717, 1.165) is 35.5 Å². The fraction of sp³-hybridized carbons (Fsp3) is 0.316. The Bertz CT molecular complexity index is 849. The summed E-state index contributed by atoms with van der Waals surface area (Å²) in [6, 6.07) is 8.13. The third-order valence-corrected chi connectivity index (χ3v) is 4.51. The van der Waals surface area contributed by atoms with Gasteiger partial charge in [-0.25, -0.2) is 9.82 Å². The fourth-order valence-electron chi connectivity index (χ4n) is 3.18. The molecule has 2 heterocycles. The van der Waals surface area contributed by atoms with Gasteiger partial charge in [-0.05, 0) is 57.0 Å². The van der Waals surface area contributed by atoms with E-state index >= 15 is 0 Å². The topological polar surface area (TPSA) is 66.7 Å². The van der Waals surface area contributed by atoms with Crippen molar-refractivity contribution in [3.8, 4) is 5.69 Å². The number of halogens is 1. The smallest absolute Gasteiger partial charge is 0.329 e. The summed E-state index contributed by atoms with van der Waals surface area (Å²) in [7, 11) is 0. The van der Waals surface area contributed by atoms with Gasteiger partial charge >= 0.3 is 11.8 Å². The second-order valence-corrected chi connectivity index (χ2v) is 6.34. The highest BCUT2D eigenvalue weighted by molar-refractivity contribution is 6.35. The van der Waals surface area contributed by atoms with Crippen LogP contribution in [0.25, 0.3) is 5.69 Å². The average molecular weight is 356 g/mol. The van der Waals surface area contributed by atoms with E-state index in [4.69, 9.17) is 0 Å². The molecule has 1 aromatic heterocycles. The van der Waals surface area contributed by atoms with Crippen molar-refractivity contribution in [1.82, 2.24) is 14.9 Å². The first kappa shape index (κ1) is 17.8. The predicted molar refractivity (Wildman–Crippen MR) is 96.8 cm³/mol. The van der Waals surface area contributed by atoms with E-state index in [0.29, 0.717) is 13.1 Å². The number of aryl methyl sites for hydroxylation is 1. The fourth-order valence-corrected chi connectivity index (χ4v) is 3.18. The van der Waals surface area contributed by atoms with Crippen LogP contribution in [0, 0.1) is 19.7 Å². The molecular formula is C19H21FN4O2. The number of rotatable bonds is 3. The first-order valence-corrected chi connectivity index (χ1v) is 8.54. The molecule has 1 fully saturated rings. The molecule has 0 radical (unpaired) electrons. The number of benzene rings is 1. The second-order valence-electron chi connectivity index (χ2n) is 6.34. The first-order chi connectivity index (χ1) is 12.5. The number of carbonyl (C=O) groups is 2. The molecule has 1 aromatic carbocycles. The summed E-state index contributed by atoms with van der Waals surface area (Å²) in [6.45, 7) is 5.08. The number of hydrogen-bond donors (Lipinski definition) is 1. The lowest BCUT2D eigenvalue weighted by Crippen LogP contribution is -2.39. The maximum absolute atomic E-state index is 13.1. The summed E-state index contributed by atoms with van der Waals surface area (Å²) < 4.78 is 15.1. The molecule has 1 aliphatic heterocycles. The summed E-state index contributed by atoms with van der Waals surface area (Å²) in [6.07, 6.45) is 3.37. The van der Waals surface area contributed by atoms with Gasteiger partial charge in [0.25, 0.3) is 0 Å². The summed E-state index contributed by atoms with van der Waals surface area (Å²) >= 11 is 0. The molecule has 136 valence electrons. The van der Waals surface area contributed by atoms with Gasteiger partial charge in [-0.15, -0.1) is 0 Å². The Kier molecular flexibility index (Phi) is 5.16. The van der Waals surface area contributed by atoms with Crippen LogP contribution in [-0.4, -0.2) is 40.6 Å². The van der Waals surface area contributed by atoms with Crippen LogP contribution in [0.2, 0.25) is 0 Å². The molecule has 26 heavy (non-hydrogen) atoms. The van der Waals surface area contributed by atoms with E-state index in [1.54, 1.807) is 12.1 Å². The lowest BCUT2D eigenvalue weighted by atomic mass is 10.2. The van der Waals surface area contributed by atoms with Crippen LogP contribution >= 0.6 is 0 Å². The lowest BCUT2D eigenvalue weighted by molar-refractivity contribution is -0.145. The van der Waals surface area contributed by atoms with Gasteiger partial charge in [0.1, 0.15) is 5.82 Å². The van der Waals surface area contributed by atoms with Gasteiger partial charge in [0.05, 0.1) is 6.21 Å². The molecule has 0 aliphatic carbocycles. The van der Waals surface area contributed by atoms with Crippen LogP contribution in [0.4, 0.5) is 4.39 Å². The Hall–Kier alpha value is -2.96. The molecule has 6 nitrogen and oxygen atoms in total. The van der Waals surface area contributed by atoms with Crippen LogP contribution in [0.1, 0.15) is 29.8 Å². The number of amides is 2. The molecule has 2 aromatic rings. The van der Waals surface area contributed by atoms with Crippen molar-refractivity contribution < 1.29 is 14.0 Å². The number of nitrogens with zero attached hydrogens (tertiary/aromatic N) is 3. The zero-order valence-corrected chi connectivity index (χ0v) is 14.8. The second kappa shape index (κ2) is 7.51. The van der Waals surface area contributed by atoms with E-state index < -0.39 is 11.8 Å². The zero-order valence-electron chi connectivity index (χ0n) is 14.8. The van der Waals surface area contributed by atoms with Crippen molar-refractivity contribution in [3.05, 3.63) is 53.1 Å². The minimum atomic E-state index is -0.726. The van der Waals surface area contributed by atoms with E-state index in [9.17, 15) is 14.0 Å². The van der Waals surface area contributed by atoms with Crippen LogP contribution in [0.3, 0.4) is 0 Å². The van der Waals surface area contributed by atoms with Crippen LogP contribution in [-0.2, 0) is 9.59 Å². The Morgan fingerprint density at radius 3 is 2.46 bits per heavy atom. The molecule has 1 aliphatic rings. The Balaban J connectivity index is 1.71. The number of hydrogen-bond acceptors (Lipinski definition) is 3. The molecule has 1 saturated heterocycles. The van der Waals surface area contributed by atoms with Crippen LogP contribution in [0.5, 0.6) is 0 Å². The predicted octanol–water partition coefficient (Wildman–Crippen LogP) is 2.31. The van der Waals surface area contributed by atoms with Crippen molar-refractivity contribution in [2.45, 2.75) is 26.7 Å². The summed E-state index contributed by atoms with van der Waals surface area (Å²) in [5.74, 6) is -1.56. The van der Waals surface area contributed by atoms with Crippen molar-refractivity contribution in [2.24, 2.45) is 5.10 Å². The molecule has 7 heteroatoms. The average Bonchev–Trinajstić information content (AvgIpc) is 3.24. The number of hydrazone groups is 1. The molecule has 0 spiro atoms. The minimum Gasteiger partial charge on any atom is -0.334 e. The summed E-state index contributed by atoms with van der Waals surface area (Å²) in [4.78, 5) is 25.3. The third-order valence-electron chi connectivity index (χ3n) is 4.51. The van der Waals surface area contributed by atoms with Crippen molar-refractivity contribution >= 4 is 18.0 Å². The van der Waals surface area contributed by atoms with Gasteiger partial charge in [-0.3, -0.25) is 9.59 Å². The monoisotopic (exact) mass is 356 g/mol. The van der Waals surface area contributed by atoms with Crippen LogP contribution in [0.15, 0.2) is 35.4 Å². The quantitative estimate of drug-likeness (QED) is 0.521. The largest absolute Gasteiger partial charge is 0.334 e. The molecule has 0 bridgehead atoms. The number of carbonyl (C=O) groups excluding carboxylic acids is 2. The van der Waals surface area contributed by atoms with E-state index in [2.05, 4.69) is 10.5 Å². The lowest BCUT2D eigenvalue weighted by Gasteiger charge is -2.12. The van der Waals surface area contributed by atoms with Gasteiger partial charge in [-0.1, -0.05) is 0 Å². The molecule has 1 N–H and O–H groups in total. The highest BCUT2D eigenvalue weighted by Crippen LogP contribution is 2.20. The molecule has 0 atom stereocenters. The molecule has 0 saturated carbocycles. The van der Waals surface area contributed by atoms with E-state index in [1.807, 2.05) is 24.5 Å². The number of likely N-dealkylation sites (tertiary alicyclic amines) is 1. The maximum atomic E-state index is 13.1. The van der Waals surface area contributed by atoms with Gasteiger partial charge < -0.3 is 9.47 Å². The zero-order chi connectivity index (χ0) is 18.7. The van der Waals surface area contributed by atoms with Crippen molar-refractivity contribution in [3.63, 3.8) is 0 Å². The third kappa shape index (κ3) is 3.66. The minimum absolute atomic E-state index is 0.289. The summed E-state index contributed by atoms with van der Waals surface area (Å²) in [5, 5.41) is 3.91. The normalized spacial score (nSPS) is 14.2. The highest BCUT2D eigenvalue weighted by Gasteiger charge is 2.24. The standard InChI is InChI=1S/C19H21FN4O2/c1-13-11-15(14(2)24(13)17-7-5-16(20)6-8-17)12-21-22-18(25)19(26)23-9-3-4-10-23/h5-8,11-12H,3-4,9-10H2,1-2H3,(H,22,25)/b21-12-.